The molecular formula is C15H20BrN5OS. The summed E-state index contributed by atoms with van der Waals surface area (Å²) in [4.78, 5) is 12.2. The predicted octanol–water partition coefficient (Wildman–Crippen LogP) is 3.22. The molecule has 0 bridgehead atoms. The van der Waals surface area contributed by atoms with E-state index in [1.54, 1.807) is 0 Å². The Morgan fingerprint density at radius 2 is 2.09 bits per heavy atom. The number of hydrogen-bond acceptors (Lipinski definition) is 5. The molecule has 0 unspecified atom stereocenters. The van der Waals surface area contributed by atoms with Gasteiger partial charge in [0.25, 0.3) is 0 Å². The summed E-state index contributed by atoms with van der Waals surface area (Å²) in [6.07, 6.45) is 2.88. The first-order valence-corrected chi connectivity index (χ1v) is 9.11. The van der Waals surface area contributed by atoms with E-state index >= 15 is 0 Å². The summed E-state index contributed by atoms with van der Waals surface area (Å²) >= 11 is 4.66. The van der Waals surface area contributed by atoms with Crippen LogP contribution in [0.1, 0.15) is 32.5 Å². The fraction of sp³-hybridized carbons (Fsp3) is 0.400. The lowest BCUT2D eigenvalue weighted by Crippen LogP contribution is -2.23. The maximum Gasteiger partial charge on any atom is 0.237 e. The summed E-state index contributed by atoms with van der Waals surface area (Å²) in [5.41, 5.74) is 0.753. The molecule has 0 aliphatic rings. The Hall–Kier alpha value is -1.54. The van der Waals surface area contributed by atoms with Crippen LogP contribution in [0.3, 0.4) is 0 Å². The minimum absolute atomic E-state index is 0.101. The third-order valence-corrected chi connectivity index (χ3v) is 4.84. The van der Waals surface area contributed by atoms with E-state index in [0.29, 0.717) is 5.16 Å². The van der Waals surface area contributed by atoms with Crippen molar-refractivity contribution in [2.75, 3.05) is 11.2 Å². The van der Waals surface area contributed by atoms with Gasteiger partial charge in [0.1, 0.15) is 0 Å². The summed E-state index contributed by atoms with van der Waals surface area (Å²) in [5.74, 6) is 6.64. The van der Waals surface area contributed by atoms with E-state index in [9.17, 15) is 4.79 Å². The van der Waals surface area contributed by atoms with E-state index in [1.165, 1.54) is 16.4 Å². The molecule has 2 rings (SSSR count). The van der Waals surface area contributed by atoms with Crippen molar-refractivity contribution in [2.24, 2.45) is 0 Å². The van der Waals surface area contributed by atoms with E-state index in [-0.39, 0.29) is 11.2 Å². The van der Waals surface area contributed by atoms with Crippen LogP contribution in [-0.4, -0.2) is 26.0 Å². The Morgan fingerprint density at radius 1 is 1.39 bits per heavy atom. The van der Waals surface area contributed by atoms with E-state index in [0.717, 1.165) is 35.2 Å². The van der Waals surface area contributed by atoms with Crippen molar-refractivity contribution in [3.63, 3.8) is 0 Å². The van der Waals surface area contributed by atoms with Crippen molar-refractivity contribution < 1.29 is 4.79 Å². The first kappa shape index (κ1) is 17.8. The van der Waals surface area contributed by atoms with Gasteiger partial charge in [0.15, 0.2) is 5.82 Å². The Kier molecular flexibility index (Phi) is 6.47. The summed E-state index contributed by atoms with van der Waals surface area (Å²) in [6, 6.07) is 7.44. The summed E-state index contributed by atoms with van der Waals surface area (Å²) in [5, 5.41) is 11.3. The minimum atomic E-state index is -0.329. The van der Waals surface area contributed by atoms with Gasteiger partial charge in [-0.3, -0.25) is 4.79 Å². The number of aryl methyl sites for hydroxylation is 1. The number of amides is 1. The van der Waals surface area contributed by atoms with Crippen LogP contribution >= 0.6 is 27.7 Å². The van der Waals surface area contributed by atoms with Gasteiger partial charge in [0, 0.05) is 16.6 Å². The third kappa shape index (κ3) is 4.97. The molecule has 1 aromatic heterocycles. The number of hydrogen-bond donors (Lipinski definition) is 2. The number of nitrogens with two attached hydrogens (primary N) is 1. The number of carbonyl (C=O) groups is 1. The van der Waals surface area contributed by atoms with Crippen molar-refractivity contribution in [1.29, 1.82) is 0 Å². The number of halogens is 1. The fourth-order valence-electron chi connectivity index (χ4n) is 1.88. The molecule has 124 valence electrons. The zero-order chi connectivity index (χ0) is 16.8. The van der Waals surface area contributed by atoms with E-state index in [4.69, 9.17) is 5.84 Å². The van der Waals surface area contributed by atoms with Crippen molar-refractivity contribution in [3.05, 3.63) is 34.6 Å². The molecular weight excluding hydrogens is 378 g/mol. The number of unbranched alkanes of at least 4 members (excludes halogenated alkanes) is 1. The highest BCUT2D eigenvalue weighted by Gasteiger charge is 2.19. The molecule has 0 saturated heterocycles. The Morgan fingerprint density at radius 3 is 2.74 bits per heavy atom. The van der Waals surface area contributed by atoms with Crippen molar-refractivity contribution in [3.8, 4) is 0 Å². The van der Waals surface area contributed by atoms with Crippen molar-refractivity contribution in [1.82, 2.24) is 14.9 Å². The van der Waals surface area contributed by atoms with E-state index < -0.39 is 0 Å². The monoisotopic (exact) mass is 397 g/mol. The Bertz CT molecular complexity index is 658. The molecule has 6 nitrogen and oxygen atoms in total. The van der Waals surface area contributed by atoms with Crippen LogP contribution < -0.4 is 11.2 Å². The number of nitrogen functional groups attached to an aromatic ring is 1. The third-order valence-electron chi connectivity index (χ3n) is 3.25. The maximum absolute atomic E-state index is 12.2. The highest BCUT2D eigenvalue weighted by Crippen LogP contribution is 2.23. The lowest BCUT2D eigenvalue weighted by molar-refractivity contribution is -0.115. The second-order valence-electron chi connectivity index (χ2n) is 5.13. The van der Waals surface area contributed by atoms with Crippen LogP contribution in [-0.2, 0) is 11.2 Å². The van der Waals surface area contributed by atoms with Crippen LogP contribution in [0.25, 0.3) is 0 Å². The summed E-state index contributed by atoms with van der Waals surface area (Å²) in [6.45, 7) is 3.93. The molecule has 1 aromatic carbocycles. The second kappa shape index (κ2) is 8.35. The number of thioether (sulfide) groups is 1. The summed E-state index contributed by atoms with van der Waals surface area (Å²) in [7, 11) is 0. The van der Waals surface area contributed by atoms with Crippen LogP contribution in [0.2, 0.25) is 0 Å². The molecule has 0 aliphatic carbocycles. The van der Waals surface area contributed by atoms with Crippen LogP contribution in [0.5, 0.6) is 0 Å². The summed E-state index contributed by atoms with van der Waals surface area (Å²) < 4.78 is 2.44. The quantitative estimate of drug-likeness (QED) is 0.553. The van der Waals surface area contributed by atoms with Gasteiger partial charge in [-0.05, 0) is 37.6 Å². The lowest BCUT2D eigenvalue weighted by Gasteiger charge is -2.11. The Labute approximate surface area is 148 Å². The second-order valence-corrected chi connectivity index (χ2v) is 7.35. The predicted molar refractivity (Wildman–Crippen MR) is 96.9 cm³/mol. The molecule has 3 N–H and O–H groups in total. The SMILES string of the molecule is CCCCc1nnc(S[C@@H](C)C(=O)Nc2ccc(Br)cc2)n1N. The van der Waals surface area contributed by atoms with Gasteiger partial charge in [-0.2, -0.15) is 0 Å². The normalized spacial score (nSPS) is 12.1. The van der Waals surface area contributed by atoms with Crippen LogP contribution in [0.4, 0.5) is 5.69 Å². The zero-order valence-corrected chi connectivity index (χ0v) is 15.5. The molecule has 1 heterocycles. The van der Waals surface area contributed by atoms with Gasteiger partial charge < -0.3 is 11.2 Å². The van der Waals surface area contributed by atoms with Crippen LogP contribution in [0, 0.1) is 0 Å². The smallest absolute Gasteiger partial charge is 0.237 e. The molecule has 0 saturated carbocycles. The molecule has 1 amide bonds. The van der Waals surface area contributed by atoms with Crippen LogP contribution in [0.15, 0.2) is 33.9 Å². The molecule has 23 heavy (non-hydrogen) atoms. The molecule has 0 aliphatic heterocycles. The number of carbonyl (C=O) groups excluding carboxylic acids is 1. The van der Waals surface area contributed by atoms with E-state index in [1.807, 2.05) is 31.2 Å². The molecule has 8 heteroatoms. The average Bonchev–Trinajstić information content (AvgIpc) is 2.88. The standard InChI is InChI=1S/C15H20BrN5OS/c1-3-4-5-13-19-20-15(21(13)17)23-10(2)14(22)18-12-8-6-11(16)7-9-12/h6-10H,3-5,17H2,1-2H3,(H,18,22)/t10-/m0/s1. The average molecular weight is 398 g/mol. The van der Waals surface area contributed by atoms with Gasteiger partial charge in [-0.1, -0.05) is 41.0 Å². The molecule has 2 aromatic rings. The molecule has 0 radical (unpaired) electrons. The van der Waals surface area contributed by atoms with Gasteiger partial charge in [0.05, 0.1) is 5.25 Å². The minimum Gasteiger partial charge on any atom is -0.336 e. The topological polar surface area (TPSA) is 85.8 Å². The largest absolute Gasteiger partial charge is 0.336 e. The van der Waals surface area contributed by atoms with Gasteiger partial charge in [0.2, 0.25) is 11.1 Å². The number of aromatic nitrogens is 3. The van der Waals surface area contributed by atoms with Gasteiger partial charge in [-0.15, -0.1) is 10.2 Å². The number of rotatable bonds is 7. The highest BCUT2D eigenvalue weighted by molar-refractivity contribution is 9.10. The number of nitrogens with one attached hydrogen (secondary N) is 1. The first-order chi connectivity index (χ1) is 11.0. The Balaban J connectivity index is 1.95. The van der Waals surface area contributed by atoms with Gasteiger partial charge in [-0.25, -0.2) is 4.68 Å². The van der Waals surface area contributed by atoms with Gasteiger partial charge >= 0.3 is 0 Å². The highest BCUT2D eigenvalue weighted by atomic mass is 79.9. The van der Waals surface area contributed by atoms with Crippen molar-refractivity contribution >= 4 is 39.3 Å². The number of benzene rings is 1. The fourth-order valence-corrected chi connectivity index (χ4v) is 2.94. The van der Waals surface area contributed by atoms with E-state index in [2.05, 4.69) is 38.4 Å². The lowest BCUT2D eigenvalue weighted by atomic mass is 10.2. The molecule has 0 spiro atoms. The maximum atomic E-state index is 12.2. The number of nitrogens with zero attached hydrogens (tertiary/aromatic N) is 3. The number of anilines is 1. The molecule has 0 fully saturated rings. The zero-order valence-electron chi connectivity index (χ0n) is 13.1. The first-order valence-electron chi connectivity index (χ1n) is 7.43. The van der Waals surface area contributed by atoms with Crippen molar-refractivity contribution in [2.45, 2.75) is 43.5 Å². The molecule has 1 atom stereocenters.